The molecule has 6 heteroatoms. The number of hydrogen-bond acceptors (Lipinski definition) is 5. The van der Waals surface area contributed by atoms with Crippen molar-refractivity contribution >= 4 is 0 Å². The molecule has 1 N–H and O–H groups in total. The molecular formula is C13H14N6. The second-order valence-electron chi connectivity index (χ2n) is 3.90. The number of aromatic amines is 1. The molecule has 0 saturated heterocycles. The van der Waals surface area contributed by atoms with Crippen molar-refractivity contribution in [3.05, 3.63) is 54.1 Å². The van der Waals surface area contributed by atoms with Crippen LogP contribution in [-0.4, -0.2) is 30.6 Å². The van der Waals surface area contributed by atoms with Crippen molar-refractivity contribution in [2.75, 3.05) is 0 Å². The zero-order valence-corrected chi connectivity index (χ0v) is 10.8. The maximum Gasteiger partial charge on any atom is 0.204 e. The van der Waals surface area contributed by atoms with Gasteiger partial charge in [-0.1, -0.05) is 30.3 Å². The third kappa shape index (κ3) is 3.95. The lowest BCUT2D eigenvalue weighted by Gasteiger charge is -1.89. The van der Waals surface area contributed by atoms with E-state index in [4.69, 9.17) is 0 Å². The summed E-state index contributed by atoms with van der Waals surface area (Å²) in [4.78, 5) is 7.86. The molecule has 0 spiro atoms. The Kier molecular flexibility index (Phi) is 4.28. The molecule has 1 aromatic carbocycles. The van der Waals surface area contributed by atoms with Gasteiger partial charge in [0.05, 0.1) is 0 Å². The summed E-state index contributed by atoms with van der Waals surface area (Å²) in [6.07, 6.45) is 1.57. The van der Waals surface area contributed by atoms with Crippen LogP contribution in [0.5, 0.6) is 0 Å². The van der Waals surface area contributed by atoms with E-state index in [2.05, 4.69) is 30.6 Å². The van der Waals surface area contributed by atoms with E-state index in [1.54, 1.807) is 6.33 Å². The average Bonchev–Trinajstić information content (AvgIpc) is 2.94. The summed E-state index contributed by atoms with van der Waals surface area (Å²) in [6, 6.07) is 11.6. The van der Waals surface area contributed by atoms with Gasteiger partial charge in [0.1, 0.15) is 6.33 Å². The minimum Gasteiger partial charge on any atom is -0.242 e. The summed E-state index contributed by atoms with van der Waals surface area (Å²) in [7, 11) is 0. The molecule has 0 aliphatic rings. The highest BCUT2D eigenvalue weighted by atomic mass is 15.5. The Morgan fingerprint density at radius 2 is 1.63 bits per heavy atom. The monoisotopic (exact) mass is 254 g/mol. The Morgan fingerprint density at radius 1 is 0.947 bits per heavy atom. The van der Waals surface area contributed by atoms with Gasteiger partial charge in [-0.15, -0.1) is 10.2 Å². The lowest BCUT2D eigenvalue weighted by molar-refractivity contribution is 0.881. The Morgan fingerprint density at radius 3 is 2.11 bits per heavy atom. The Labute approximate surface area is 110 Å². The highest BCUT2D eigenvalue weighted by molar-refractivity contribution is 5.52. The van der Waals surface area contributed by atoms with Crippen molar-refractivity contribution in [2.24, 2.45) is 0 Å². The quantitative estimate of drug-likeness (QED) is 0.718. The molecule has 19 heavy (non-hydrogen) atoms. The van der Waals surface area contributed by atoms with E-state index in [9.17, 15) is 0 Å². The van der Waals surface area contributed by atoms with Crippen LogP contribution in [0.3, 0.4) is 0 Å². The number of aryl methyl sites for hydroxylation is 2. The van der Waals surface area contributed by atoms with Crippen molar-refractivity contribution < 1.29 is 0 Å². The second-order valence-corrected chi connectivity index (χ2v) is 3.90. The highest BCUT2D eigenvalue weighted by Crippen LogP contribution is 2.10. The smallest absolute Gasteiger partial charge is 0.204 e. The normalized spacial score (nSPS) is 9.58. The van der Waals surface area contributed by atoms with Gasteiger partial charge < -0.3 is 0 Å². The van der Waals surface area contributed by atoms with Gasteiger partial charge in [-0.2, -0.15) is 5.21 Å². The molecule has 0 atom stereocenters. The summed E-state index contributed by atoms with van der Waals surface area (Å²) in [5.41, 5.74) is 3.02. The minimum absolute atomic E-state index is 0.630. The van der Waals surface area contributed by atoms with E-state index in [1.165, 1.54) is 0 Å². The highest BCUT2D eigenvalue weighted by Gasteiger charge is 1.98. The van der Waals surface area contributed by atoms with Gasteiger partial charge >= 0.3 is 0 Å². The molecule has 2 aromatic heterocycles. The fourth-order valence-electron chi connectivity index (χ4n) is 1.46. The summed E-state index contributed by atoms with van der Waals surface area (Å²) >= 11 is 0. The SMILES string of the molecule is Cc1cc(C)ncn1.c1ccc(-c2nn[nH]n2)cc1. The van der Waals surface area contributed by atoms with E-state index in [0.717, 1.165) is 17.0 Å². The molecule has 96 valence electrons. The average molecular weight is 254 g/mol. The lowest BCUT2D eigenvalue weighted by atomic mass is 10.2. The van der Waals surface area contributed by atoms with Crippen LogP contribution in [0.4, 0.5) is 0 Å². The summed E-state index contributed by atoms with van der Waals surface area (Å²) in [5.74, 6) is 0.630. The molecule has 0 bridgehead atoms. The standard InChI is InChI=1S/C7H6N4.C6H8N2/c1-2-4-6(5-3-1)7-8-10-11-9-7;1-5-3-6(2)8-4-7-5/h1-5H,(H,8,9,10,11);3-4H,1-2H3. The van der Waals surface area contributed by atoms with E-state index in [1.807, 2.05) is 50.2 Å². The first kappa shape index (κ1) is 12.8. The van der Waals surface area contributed by atoms with Crippen LogP contribution >= 0.6 is 0 Å². The number of benzene rings is 1. The predicted molar refractivity (Wildman–Crippen MR) is 71.1 cm³/mol. The zero-order valence-electron chi connectivity index (χ0n) is 10.8. The molecular weight excluding hydrogens is 240 g/mol. The van der Waals surface area contributed by atoms with Gasteiger partial charge in [-0.05, 0) is 25.1 Å². The molecule has 0 saturated carbocycles. The summed E-state index contributed by atoms with van der Waals surface area (Å²) in [6.45, 7) is 3.91. The van der Waals surface area contributed by atoms with Crippen LogP contribution in [0, 0.1) is 13.8 Å². The van der Waals surface area contributed by atoms with Gasteiger partial charge in [0.15, 0.2) is 0 Å². The Bertz CT molecular complexity index is 589. The Hall–Kier alpha value is -2.63. The molecule has 0 radical (unpaired) electrons. The third-order valence-corrected chi connectivity index (χ3v) is 2.32. The van der Waals surface area contributed by atoms with Crippen molar-refractivity contribution in [3.63, 3.8) is 0 Å². The van der Waals surface area contributed by atoms with Crippen molar-refractivity contribution in [1.82, 2.24) is 30.6 Å². The first-order chi connectivity index (χ1) is 9.25. The van der Waals surface area contributed by atoms with E-state index < -0.39 is 0 Å². The fraction of sp³-hybridized carbons (Fsp3) is 0.154. The molecule has 0 fully saturated rings. The molecule has 2 heterocycles. The third-order valence-electron chi connectivity index (χ3n) is 2.32. The van der Waals surface area contributed by atoms with Crippen LogP contribution < -0.4 is 0 Å². The maximum atomic E-state index is 3.93. The number of nitrogens with zero attached hydrogens (tertiary/aromatic N) is 5. The molecule has 0 aliphatic carbocycles. The molecule has 0 amide bonds. The van der Waals surface area contributed by atoms with Gasteiger partial charge in [0, 0.05) is 17.0 Å². The fourth-order valence-corrected chi connectivity index (χ4v) is 1.46. The van der Waals surface area contributed by atoms with Crippen LogP contribution in [0.15, 0.2) is 42.7 Å². The molecule has 0 aliphatic heterocycles. The number of tetrazole rings is 1. The first-order valence-corrected chi connectivity index (χ1v) is 5.80. The molecule has 6 nitrogen and oxygen atoms in total. The van der Waals surface area contributed by atoms with E-state index >= 15 is 0 Å². The van der Waals surface area contributed by atoms with E-state index in [0.29, 0.717) is 5.82 Å². The second kappa shape index (κ2) is 6.34. The number of aromatic nitrogens is 6. The first-order valence-electron chi connectivity index (χ1n) is 5.80. The number of hydrogen-bond donors (Lipinski definition) is 1. The van der Waals surface area contributed by atoms with Crippen LogP contribution in [0.1, 0.15) is 11.4 Å². The van der Waals surface area contributed by atoms with Gasteiger partial charge in [0.2, 0.25) is 5.82 Å². The topological polar surface area (TPSA) is 80.2 Å². The van der Waals surface area contributed by atoms with Crippen LogP contribution in [0.2, 0.25) is 0 Å². The maximum absolute atomic E-state index is 3.93. The minimum atomic E-state index is 0.630. The van der Waals surface area contributed by atoms with Gasteiger partial charge in [-0.25, -0.2) is 9.97 Å². The number of nitrogens with one attached hydrogen (secondary N) is 1. The molecule has 3 rings (SSSR count). The van der Waals surface area contributed by atoms with Gasteiger partial charge in [-0.3, -0.25) is 0 Å². The predicted octanol–water partition coefficient (Wildman–Crippen LogP) is 1.96. The summed E-state index contributed by atoms with van der Waals surface area (Å²) in [5, 5.41) is 13.5. The van der Waals surface area contributed by atoms with Crippen molar-refractivity contribution in [2.45, 2.75) is 13.8 Å². The van der Waals surface area contributed by atoms with Crippen LogP contribution in [0.25, 0.3) is 11.4 Å². The number of H-pyrrole nitrogens is 1. The number of rotatable bonds is 1. The molecule has 0 unspecified atom stereocenters. The zero-order chi connectivity index (χ0) is 13.5. The van der Waals surface area contributed by atoms with E-state index in [-0.39, 0.29) is 0 Å². The largest absolute Gasteiger partial charge is 0.242 e. The van der Waals surface area contributed by atoms with Gasteiger partial charge in [0.25, 0.3) is 0 Å². The lowest BCUT2D eigenvalue weighted by Crippen LogP contribution is -1.84. The summed E-state index contributed by atoms with van der Waals surface area (Å²) < 4.78 is 0. The van der Waals surface area contributed by atoms with Crippen LogP contribution in [-0.2, 0) is 0 Å². The van der Waals surface area contributed by atoms with Crippen molar-refractivity contribution in [3.8, 4) is 11.4 Å². The Balaban J connectivity index is 0.000000148. The molecule has 3 aromatic rings. The van der Waals surface area contributed by atoms with Crippen molar-refractivity contribution in [1.29, 1.82) is 0 Å².